The topological polar surface area (TPSA) is 105 Å². The van der Waals surface area contributed by atoms with Crippen LogP contribution in [0, 0.1) is 24.5 Å². The Hall–Kier alpha value is -3.58. The van der Waals surface area contributed by atoms with Crippen molar-refractivity contribution in [3.63, 3.8) is 0 Å². The number of carboxylic acid groups (broad SMARTS) is 1. The number of halogens is 7. The smallest absolute Gasteiger partial charge is 0.433 e. The van der Waals surface area contributed by atoms with E-state index < -0.39 is 71.8 Å². The number of ketones is 1. The fraction of sp³-hybridized carbons (Fsp3) is 0.370. The van der Waals surface area contributed by atoms with Gasteiger partial charge in [-0.3, -0.25) is 19.1 Å². The minimum atomic E-state index is -5.07. The molecule has 8 nitrogen and oxygen atoms in total. The molecule has 1 aliphatic carbocycles. The van der Waals surface area contributed by atoms with Crippen LogP contribution in [0.2, 0.25) is 10.2 Å². The van der Waals surface area contributed by atoms with E-state index in [0.717, 1.165) is 12.1 Å². The molecule has 3 aromatic rings. The van der Waals surface area contributed by atoms with Crippen LogP contribution in [0.3, 0.4) is 0 Å². The van der Waals surface area contributed by atoms with E-state index in [4.69, 9.17) is 23.2 Å². The summed E-state index contributed by atoms with van der Waals surface area (Å²) in [6.45, 7) is 0.0398. The summed E-state index contributed by atoms with van der Waals surface area (Å²) in [5.41, 5.74) is -2.33. The Bertz CT molecular complexity index is 1490. The Kier molecular flexibility index (Phi) is 9.21. The zero-order valence-corrected chi connectivity index (χ0v) is 23.4. The number of aryl methyl sites for hydroxylation is 1. The van der Waals surface area contributed by atoms with E-state index in [1.807, 2.05) is 0 Å². The van der Waals surface area contributed by atoms with Crippen LogP contribution < -0.4 is 0 Å². The van der Waals surface area contributed by atoms with E-state index in [1.54, 1.807) is 6.92 Å². The summed E-state index contributed by atoms with van der Waals surface area (Å²) in [5, 5.41) is 12.7. The first-order chi connectivity index (χ1) is 19.6. The predicted octanol–water partition coefficient (Wildman–Crippen LogP) is 6.53. The quantitative estimate of drug-likeness (QED) is 0.172. The number of carbonyl (C=O) groups excluding carboxylic acids is 2. The van der Waals surface area contributed by atoms with E-state index in [0.29, 0.717) is 27.5 Å². The summed E-state index contributed by atoms with van der Waals surface area (Å²) < 4.78 is 71.7. The second-order valence-electron chi connectivity index (χ2n) is 9.97. The maximum atomic E-state index is 14.4. The molecule has 1 aliphatic rings. The van der Waals surface area contributed by atoms with Crippen molar-refractivity contribution in [3.05, 3.63) is 80.4 Å². The molecule has 4 rings (SSSR count). The van der Waals surface area contributed by atoms with Crippen LogP contribution in [0.4, 0.5) is 22.0 Å². The van der Waals surface area contributed by atoms with Crippen LogP contribution >= 0.6 is 23.2 Å². The number of alkyl halides is 3. The fourth-order valence-electron chi connectivity index (χ4n) is 5.04. The number of hydrogen-bond donors (Lipinski definition) is 1. The molecule has 42 heavy (non-hydrogen) atoms. The first-order valence-corrected chi connectivity index (χ1v) is 13.4. The van der Waals surface area contributed by atoms with Gasteiger partial charge in [0.05, 0.1) is 40.9 Å². The molecule has 1 amide bonds. The van der Waals surface area contributed by atoms with Crippen LogP contribution in [-0.2, 0) is 17.5 Å². The third kappa shape index (κ3) is 6.89. The molecule has 0 spiro atoms. The molecule has 0 atom stereocenters. The number of aliphatic carboxylic acids is 1. The Morgan fingerprint density at radius 1 is 1.05 bits per heavy atom. The molecule has 0 saturated heterocycles. The molecular weight excluding hydrogens is 610 g/mol. The number of hydrogen-bond acceptors (Lipinski definition) is 5. The van der Waals surface area contributed by atoms with Crippen molar-refractivity contribution in [3.8, 4) is 0 Å². The van der Waals surface area contributed by atoms with E-state index >= 15 is 0 Å². The van der Waals surface area contributed by atoms with Gasteiger partial charge in [-0.25, -0.2) is 13.8 Å². The lowest BCUT2D eigenvalue weighted by atomic mass is 9.86. The molecule has 2 aromatic heterocycles. The lowest BCUT2D eigenvalue weighted by Gasteiger charge is -2.28. The lowest BCUT2D eigenvalue weighted by molar-refractivity contribution is -0.147. The minimum Gasteiger partial charge on any atom is -0.481 e. The van der Waals surface area contributed by atoms with Gasteiger partial charge in [0.15, 0.2) is 11.5 Å². The zero-order chi connectivity index (χ0) is 30.9. The Morgan fingerprint density at radius 3 is 2.21 bits per heavy atom. The van der Waals surface area contributed by atoms with Gasteiger partial charge in [0.1, 0.15) is 16.8 Å². The van der Waals surface area contributed by atoms with E-state index in [1.165, 1.54) is 6.07 Å². The number of nitrogens with zero attached hydrogens (tertiary/aromatic N) is 4. The third-order valence-electron chi connectivity index (χ3n) is 6.94. The molecule has 0 aliphatic heterocycles. The van der Waals surface area contributed by atoms with Crippen LogP contribution in [0.1, 0.15) is 69.4 Å². The second-order valence-corrected chi connectivity index (χ2v) is 10.7. The minimum absolute atomic E-state index is 0.0809. The molecule has 0 unspecified atom stereocenters. The molecular formula is C27H23Cl2F5N4O4. The number of benzene rings is 1. The zero-order valence-electron chi connectivity index (χ0n) is 21.9. The van der Waals surface area contributed by atoms with Gasteiger partial charge in [-0.1, -0.05) is 23.2 Å². The summed E-state index contributed by atoms with van der Waals surface area (Å²) >= 11 is 12.3. The van der Waals surface area contributed by atoms with E-state index in [9.17, 15) is 41.4 Å². The number of Topliss-reactive ketones (excluding diaryl/α,β-unsaturated/α-hetero) is 1. The van der Waals surface area contributed by atoms with Crippen molar-refractivity contribution in [1.29, 1.82) is 0 Å². The molecule has 1 saturated carbocycles. The highest BCUT2D eigenvalue weighted by molar-refractivity contribution is 6.39. The van der Waals surface area contributed by atoms with Crippen LogP contribution in [0.5, 0.6) is 0 Å². The maximum absolute atomic E-state index is 14.4. The van der Waals surface area contributed by atoms with Gasteiger partial charge in [0, 0.05) is 18.3 Å². The molecule has 0 bridgehead atoms. The summed E-state index contributed by atoms with van der Waals surface area (Å²) in [6, 6.07) is 2.82. The highest BCUT2D eigenvalue weighted by atomic mass is 35.5. The first kappa shape index (κ1) is 31.4. The maximum Gasteiger partial charge on any atom is 0.433 e. The number of carbonyl (C=O) groups is 3. The molecule has 1 aromatic carbocycles. The third-order valence-corrected chi connectivity index (χ3v) is 7.51. The van der Waals surface area contributed by atoms with Crippen molar-refractivity contribution in [2.45, 2.75) is 51.4 Å². The monoisotopic (exact) mass is 632 g/mol. The predicted molar refractivity (Wildman–Crippen MR) is 140 cm³/mol. The van der Waals surface area contributed by atoms with Gasteiger partial charge in [-0.05, 0) is 56.4 Å². The van der Waals surface area contributed by atoms with Crippen molar-refractivity contribution in [2.75, 3.05) is 6.54 Å². The Morgan fingerprint density at radius 2 is 1.67 bits per heavy atom. The average molecular weight is 633 g/mol. The van der Waals surface area contributed by atoms with Gasteiger partial charge in [0.2, 0.25) is 0 Å². The summed E-state index contributed by atoms with van der Waals surface area (Å²) in [7, 11) is 0. The molecule has 15 heteroatoms. The van der Waals surface area contributed by atoms with Gasteiger partial charge >= 0.3 is 12.1 Å². The first-order valence-electron chi connectivity index (χ1n) is 12.6. The Labute approximate surface area is 246 Å². The fourth-order valence-corrected chi connectivity index (χ4v) is 5.78. The van der Waals surface area contributed by atoms with Crippen LogP contribution in [0.15, 0.2) is 30.5 Å². The van der Waals surface area contributed by atoms with Crippen LogP contribution in [-0.4, -0.2) is 49.0 Å². The van der Waals surface area contributed by atoms with E-state index in [2.05, 4.69) is 10.1 Å². The van der Waals surface area contributed by atoms with E-state index in [-0.39, 0.29) is 47.0 Å². The summed E-state index contributed by atoms with van der Waals surface area (Å²) in [5.74, 6) is -5.92. The van der Waals surface area contributed by atoms with Gasteiger partial charge in [-0.2, -0.15) is 18.3 Å². The highest BCUT2D eigenvalue weighted by Crippen LogP contribution is 2.39. The van der Waals surface area contributed by atoms with Crippen molar-refractivity contribution >= 4 is 40.9 Å². The number of carboxylic acids is 1. The average Bonchev–Trinajstić information content (AvgIpc) is 3.33. The number of aromatic nitrogens is 3. The van der Waals surface area contributed by atoms with Crippen molar-refractivity contribution in [1.82, 2.24) is 19.7 Å². The van der Waals surface area contributed by atoms with Gasteiger partial charge in [0.25, 0.3) is 5.91 Å². The van der Waals surface area contributed by atoms with Crippen molar-refractivity contribution in [2.24, 2.45) is 5.92 Å². The number of rotatable bonds is 8. The highest BCUT2D eigenvalue weighted by Gasteiger charge is 2.43. The van der Waals surface area contributed by atoms with Crippen LogP contribution in [0.25, 0.3) is 0 Å². The number of amides is 1. The standard InChI is InChI=1S/C27H23Cl2F5N4O4/c1-13-6-20(28)22(24(29)36-13)21(39)12-37(11-14-7-16(30)9-17(31)8-14)25(40)19-10-35-38(23(19)27(32,33)34)18-4-2-15(3-5-18)26(41)42/h6-10,15,18H,2-5,11-12H2,1H3,(H,41,42)/t15-,18+. The lowest BCUT2D eigenvalue weighted by Crippen LogP contribution is -2.37. The molecule has 224 valence electrons. The molecule has 1 N–H and O–H groups in total. The molecule has 2 heterocycles. The largest absolute Gasteiger partial charge is 0.481 e. The van der Waals surface area contributed by atoms with Crippen molar-refractivity contribution < 1.29 is 41.4 Å². The summed E-state index contributed by atoms with van der Waals surface area (Å²) in [4.78, 5) is 42.9. The Balaban J connectivity index is 1.73. The normalized spacial score (nSPS) is 17.2. The SMILES string of the molecule is Cc1cc(Cl)c(C(=O)CN(Cc2cc(F)cc(F)c2)C(=O)c2cnn([C@H]3CC[C@@H](C(=O)O)CC3)c2C(F)(F)F)c(Cl)n1. The van der Waals surface area contributed by atoms with Gasteiger partial charge in [-0.15, -0.1) is 0 Å². The second kappa shape index (κ2) is 12.3. The molecule has 1 fully saturated rings. The number of pyridine rings is 1. The summed E-state index contributed by atoms with van der Waals surface area (Å²) in [6.07, 6.45) is -3.95. The molecule has 0 radical (unpaired) electrons. The van der Waals surface area contributed by atoms with Gasteiger partial charge < -0.3 is 10.0 Å².